The molecule has 0 radical (unpaired) electrons. The number of nitriles is 1. The molecule has 0 aliphatic rings. The monoisotopic (exact) mass is 94.1 g/mol. The lowest BCUT2D eigenvalue weighted by atomic mass is 10.4. The summed E-state index contributed by atoms with van der Waals surface area (Å²) in [5.74, 6) is 0. The van der Waals surface area contributed by atoms with Crippen molar-refractivity contribution in [1.82, 2.24) is 0 Å². The van der Waals surface area contributed by atoms with Gasteiger partial charge in [-0.15, -0.1) is 0 Å². The molecule has 36 valence electrons. The first-order valence-corrected chi connectivity index (χ1v) is 1.84. The highest BCUT2D eigenvalue weighted by atomic mass is 14.7. The third-order valence-electron chi connectivity index (χ3n) is 0.549. The van der Waals surface area contributed by atoms with Gasteiger partial charge in [-0.05, 0) is 6.08 Å². The van der Waals surface area contributed by atoms with E-state index in [2.05, 4.69) is 11.6 Å². The minimum atomic E-state index is 0.375. The molecule has 2 nitrogen and oxygen atoms in total. The molecule has 0 N–H and O–H groups in total. The number of aliphatic imine (C=N–C) groups is 1. The Labute approximate surface area is 42.8 Å². The first-order chi connectivity index (χ1) is 3.35. The van der Waals surface area contributed by atoms with Gasteiger partial charge in [0.25, 0.3) is 0 Å². The van der Waals surface area contributed by atoms with Crippen LogP contribution in [-0.4, -0.2) is 12.8 Å². The van der Waals surface area contributed by atoms with Crippen LogP contribution in [0.25, 0.3) is 0 Å². The third kappa shape index (κ3) is 1.72. The molecule has 0 fully saturated rings. The summed E-state index contributed by atoms with van der Waals surface area (Å²) in [7, 11) is 1.56. The van der Waals surface area contributed by atoms with E-state index in [9.17, 15) is 0 Å². The Morgan fingerprint density at radius 2 is 2.57 bits per heavy atom. The summed E-state index contributed by atoms with van der Waals surface area (Å²) in [5, 5.41) is 8.07. The Kier molecular flexibility index (Phi) is 2.62. The zero-order valence-corrected chi connectivity index (χ0v) is 4.18. The van der Waals surface area contributed by atoms with Gasteiger partial charge in [-0.1, -0.05) is 6.58 Å². The van der Waals surface area contributed by atoms with Crippen LogP contribution in [-0.2, 0) is 0 Å². The Balaban J connectivity index is 3.94. The second-order valence-corrected chi connectivity index (χ2v) is 0.925. The second-order valence-electron chi connectivity index (χ2n) is 0.925. The predicted octanol–water partition coefficient (Wildman–Crippen LogP) is 0.767. The zero-order chi connectivity index (χ0) is 5.70. The molecule has 0 atom stereocenters. The molecule has 0 rings (SSSR count). The van der Waals surface area contributed by atoms with E-state index in [1.165, 1.54) is 6.08 Å². The van der Waals surface area contributed by atoms with E-state index in [4.69, 9.17) is 5.26 Å². The van der Waals surface area contributed by atoms with E-state index in [-0.39, 0.29) is 0 Å². The quantitative estimate of drug-likeness (QED) is 0.442. The summed E-state index contributed by atoms with van der Waals surface area (Å²) >= 11 is 0. The molecule has 0 saturated carbocycles. The molecule has 0 amide bonds. The summed E-state index contributed by atoms with van der Waals surface area (Å²) in [5.41, 5.74) is 0.375. The van der Waals surface area contributed by atoms with Crippen molar-refractivity contribution in [3.8, 4) is 6.07 Å². The minimum absolute atomic E-state index is 0.375. The van der Waals surface area contributed by atoms with E-state index < -0.39 is 0 Å². The second kappa shape index (κ2) is 3.10. The summed E-state index contributed by atoms with van der Waals surface area (Å²) in [6, 6.07) is 1.83. The van der Waals surface area contributed by atoms with Crippen molar-refractivity contribution in [2.45, 2.75) is 0 Å². The van der Waals surface area contributed by atoms with E-state index in [0.717, 1.165) is 0 Å². The van der Waals surface area contributed by atoms with Crippen molar-refractivity contribution in [1.29, 1.82) is 5.26 Å². The van der Waals surface area contributed by atoms with Crippen LogP contribution in [0.5, 0.6) is 0 Å². The van der Waals surface area contributed by atoms with E-state index in [0.29, 0.717) is 5.71 Å². The highest BCUT2D eigenvalue weighted by molar-refractivity contribution is 6.06. The highest BCUT2D eigenvalue weighted by Crippen LogP contribution is 1.71. The van der Waals surface area contributed by atoms with Crippen LogP contribution >= 0.6 is 0 Å². The van der Waals surface area contributed by atoms with Gasteiger partial charge < -0.3 is 0 Å². The van der Waals surface area contributed by atoms with Gasteiger partial charge in [0.15, 0.2) is 0 Å². The molecule has 0 spiro atoms. The normalized spacial score (nSPS) is 10.0. The Hall–Kier alpha value is -1.10. The fraction of sp³-hybridized carbons (Fsp3) is 0.200. The fourth-order valence-corrected chi connectivity index (χ4v) is 0.187. The van der Waals surface area contributed by atoms with Crippen molar-refractivity contribution >= 4 is 5.71 Å². The van der Waals surface area contributed by atoms with Crippen LogP contribution in [0, 0.1) is 11.3 Å². The van der Waals surface area contributed by atoms with Gasteiger partial charge in [-0.2, -0.15) is 5.26 Å². The van der Waals surface area contributed by atoms with Gasteiger partial charge in [-0.3, -0.25) is 4.99 Å². The maximum atomic E-state index is 8.07. The van der Waals surface area contributed by atoms with E-state index >= 15 is 0 Å². The van der Waals surface area contributed by atoms with Gasteiger partial charge in [0, 0.05) is 7.05 Å². The van der Waals surface area contributed by atoms with Crippen LogP contribution in [0.4, 0.5) is 0 Å². The van der Waals surface area contributed by atoms with E-state index in [1.807, 2.05) is 6.07 Å². The number of nitrogens with zero attached hydrogens (tertiary/aromatic N) is 2. The van der Waals surface area contributed by atoms with Crippen LogP contribution in [0.15, 0.2) is 17.6 Å². The molecule has 0 aromatic rings. The van der Waals surface area contributed by atoms with Crippen LogP contribution in [0.2, 0.25) is 0 Å². The standard InChI is InChI=1S/C5H6N2/c1-3-5(4-6)7-2/h3H,1H2,2H3. The maximum absolute atomic E-state index is 8.07. The van der Waals surface area contributed by atoms with Crippen molar-refractivity contribution in [2.24, 2.45) is 4.99 Å². The third-order valence-corrected chi connectivity index (χ3v) is 0.549. The molecule has 2 heteroatoms. The summed E-state index contributed by atoms with van der Waals surface area (Å²) in [4.78, 5) is 3.56. The molecule has 0 heterocycles. The molecule has 0 aliphatic heterocycles. The van der Waals surface area contributed by atoms with Crippen LogP contribution in [0.1, 0.15) is 0 Å². The number of hydrogen-bond acceptors (Lipinski definition) is 2. The predicted molar refractivity (Wildman–Crippen MR) is 29.2 cm³/mol. The van der Waals surface area contributed by atoms with E-state index in [1.54, 1.807) is 7.05 Å². The number of hydrogen-bond donors (Lipinski definition) is 0. The van der Waals surface area contributed by atoms with Gasteiger partial charge in [0.2, 0.25) is 0 Å². The minimum Gasteiger partial charge on any atom is -0.278 e. The molecule has 0 aromatic carbocycles. The average Bonchev–Trinajstić information content (AvgIpc) is 1.72. The van der Waals surface area contributed by atoms with Gasteiger partial charge >= 0.3 is 0 Å². The van der Waals surface area contributed by atoms with Crippen LogP contribution < -0.4 is 0 Å². The highest BCUT2D eigenvalue weighted by Gasteiger charge is 1.79. The van der Waals surface area contributed by atoms with Crippen molar-refractivity contribution < 1.29 is 0 Å². The average molecular weight is 94.1 g/mol. The number of allylic oxidation sites excluding steroid dienone is 1. The van der Waals surface area contributed by atoms with Gasteiger partial charge in [0.05, 0.1) is 0 Å². The lowest BCUT2D eigenvalue weighted by molar-refractivity contribution is 1.44. The Morgan fingerprint density at radius 3 is 2.57 bits per heavy atom. The molecule has 7 heavy (non-hydrogen) atoms. The Morgan fingerprint density at radius 1 is 2.00 bits per heavy atom. The SMILES string of the molecule is C=CC(C#N)=NC. The topological polar surface area (TPSA) is 36.1 Å². The largest absolute Gasteiger partial charge is 0.278 e. The summed E-state index contributed by atoms with van der Waals surface area (Å²) < 4.78 is 0. The van der Waals surface area contributed by atoms with Crippen molar-refractivity contribution in [3.05, 3.63) is 12.7 Å². The fourth-order valence-electron chi connectivity index (χ4n) is 0.187. The molecule has 0 aromatic heterocycles. The molecular formula is C5H6N2. The van der Waals surface area contributed by atoms with Crippen LogP contribution in [0.3, 0.4) is 0 Å². The first kappa shape index (κ1) is 5.90. The van der Waals surface area contributed by atoms with Gasteiger partial charge in [0.1, 0.15) is 11.8 Å². The summed E-state index contributed by atoms with van der Waals surface area (Å²) in [6.45, 7) is 3.35. The number of rotatable bonds is 1. The van der Waals surface area contributed by atoms with Crippen molar-refractivity contribution in [2.75, 3.05) is 7.05 Å². The summed E-state index contributed by atoms with van der Waals surface area (Å²) in [6.07, 6.45) is 1.42. The smallest absolute Gasteiger partial charge is 0.134 e. The molecule has 0 saturated heterocycles. The molecule has 0 aliphatic carbocycles. The molecule has 0 bridgehead atoms. The van der Waals surface area contributed by atoms with Crippen molar-refractivity contribution in [3.63, 3.8) is 0 Å². The zero-order valence-electron chi connectivity index (χ0n) is 4.18. The lowest BCUT2D eigenvalue weighted by Crippen LogP contribution is -1.82. The maximum Gasteiger partial charge on any atom is 0.134 e. The van der Waals surface area contributed by atoms with Gasteiger partial charge in [-0.25, -0.2) is 0 Å². The first-order valence-electron chi connectivity index (χ1n) is 1.84. The molecular weight excluding hydrogens is 88.1 g/mol. The Bertz CT molecular complexity index is 128. The lowest BCUT2D eigenvalue weighted by Gasteiger charge is -1.74. The molecule has 0 unspecified atom stereocenters.